The number of aryl methyl sites for hydroxylation is 1. The highest BCUT2D eigenvalue weighted by Crippen LogP contribution is 2.25. The Labute approximate surface area is 131 Å². The number of alkyl carbamates (subject to hydrolysis) is 1. The highest BCUT2D eigenvalue weighted by molar-refractivity contribution is 5.66. The molecule has 0 aromatic carbocycles. The molecule has 1 N–H and O–H groups in total. The topological polar surface area (TPSA) is 59.4 Å². The Kier molecular flexibility index (Phi) is 4.97. The molecule has 1 saturated carbocycles. The zero-order chi connectivity index (χ0) is 15.4. The minimum absolute atomic E-state index is 0.410. The third kappa shape index (κ3) is 3.61. The summed E-state index contributed by atoms with van der Waals surface area (Å²) in [5.74, 6) is 0. The molecule has 0 unspecified atom stereocenters. The molecule has 3 rings (SSSR count). The van der Waals surface area contributed by atoms with E-state index < -0.39 is 6.09 Å². The molecule has 0 bridgehead atoms. The van der Waals surface area contributed by atoms with Gasteiger partial charge in [-0.05, 0) is 25.3 Å². The fourth-order valence-electron chi connectivity index (χ4n) is 3.63. The summed E-state index contributed by atoms with van der Waals surface area (Å²) in [6.45, 7) is 3.55. The van der Waals surface area contributed by atoms with E-state index in [9.17, 15) is 4.79 Å². The van der Waals surface area contributed by atoms with Crippen LogP contribution in [0.4, 0.5) is 4.79 Å². The summed E-state index contributed by atoms with van der Waals surface area (Å²) < 4.78 is 6.71. The molecule has 1 aliphatic heterocycles. The minimum Gasteiger partial charge on any atom is -0.453 e. The van der Waals surface area contributed by atoms with E-state index in [0.717, 1.165) is 31.2 Å². The number of aromatic nitrogens is 2. The van der Waals surface area contributed by atoms with Gasteiger partial charge < -0.3 is 10.1 Å². The number of carbonyl (C=O) groups is 1. The maximum Gasteiger partial charge on any atom is 0.407 e. The van der Waals surface area contributed by atoms with Gasteiger partial charge >= 0.3 is 6.09 Å². The van der Waals surface area contributed by atoms with Gasteiger partial charge in [0.1, 0.15) is 0 Å². The van der Waals surface area contributed by atoms with Crippen LogP contribution in [0.25, 0.3) is 0 Å². The van der Waals surface area contributed by atoms with E-state index in [1.165, 1.54) is 51.5 Å². The third-order valence-corrected chi connectivity index (χ3v) is 4.78. The third-order valence-electron chi connectivity index (χ3n) is 4.78. The Morgan fingerprint density at radius 2 is 2.14 bits per heavy atom. The normalized spacial score (nSPS) is 20.2. The van der Waals surface area contributed by atoms with Crippen LogP contribution >= 0.6 is 0 Å². The first-order chi connectivity index (χ1) is 10.8. The van der Waals surface area contributed by atoms with Gasteiger partial charge in [0, 0.05) is 25.7 Å². The fourth-order valence-corrected chi connectivity index (χ4v) is 3.63. The molecule has 2 heterocycles. The molecule has 1 aromatic heterocycles. The Morgan fingerprint density at radius 3 is 2.91 bits per heavy atom. The average molecular weight is 306 g/mol. The van der Waals surface area contributed by atoms with Crippen molar-refractivity contribution in [1.29, 1.82) is 0 Å². The monoisotopic (exact) mass is 306 g/mol. The van der Waals surface area contributed by atoms with E-state index in [0.29, 0.717) is 6.54 Å². The standard InChI is InChI=1S/C16H26N4O2/c1-22-16(21)17-11-13-10-15-12-19(8-5-9-20(15)18-13)14-6-3-2-4-7-14/h10,14H,2-9,11-12H2,1H3,(H,17,21). The fraction of sp³-hybridized carbons (Fsp3) is 0.750. The summed E-state index contributed by atoms with van der Waals surface area (Å²) >= 11 is 0. The molecule has 22 heavy (non-hydrogen) atoms. The lowest BCUT2D eigenvalue weighted by Crippen LogP contribution is -2.36. The second kappa shape index (κ2) is 7.13. The van der Waals surface area contributed by atoms with Crippen LogP contribution in [0.15, 0.2) is 6.07 Å². The zero-order valence-electron chi connectivity index (χ0n) is 13.4. The van der Waals surface area contributed by atoms with Crippen LogP contribution in [0.1, 0.15) is 49.9 Å². The summed E-state index contributed by atoms with van der Waals surface area (Å²) in [4.78, 5) is 13.8. The molecule has 0 spiro atoms. The van der Waals surface area contributed by atoms with Gasteiger partial charge in [-0.1, -0.05) is 19.3 Å². The van der Waals surface area contributed by atoms with Crippen molar-refractivity contribution < 1.29 is 9.53 Å². The number of nitrogens with one attached hydrogen (secondary N) is 1. The predicted octanol–water partition coefficient (Wildman–Crippen LogP) is 2.28. The van der Waals surface area contributed by atoms with Crippen molar-refractivity contribution in [1.82, 2.24) is 20.0 Å². The number of amides is 1. The van der Waals surface area contributed by atoms with Gasteiger partial charge in [-0.3, -0.25) is 9.58 Å². The number of ether oxygens (including phenoxy) is 1. The van der Waals surface area contributed by atoms with E-state index in [-0.39, 0.29) is 0 Å². The number of rotatable bonds is 3. The van der Waals surface area contributed by atoms with Gasteiger partial charge in [-0.15, -0.1) is 0 Å². The van der Waals surface area contributed by atoms with Crippen LogP contribution in [-0.4, -0.2) is 40.5 Å². The molecule has 0 saturated heterocycles. The van der Waals surface area contributed by atoms with Gasteiger partial charge in [0.25, 0.3) is 0 Å². The van der Waals surface area contributed by atoms with E-state index in [1.54, 1.807) is 0 Å². The van der Waals surface area contributed by atoms with Crippen LogP contribution in [0.2, 0.25) is 0 Å². The summed E-state index contributed by atoms with van der Waals surface area (Å²) in [5.41, 5.74) is 2.18. The maximum atomic E-state index is 11.2. The number of fused-ring (bicyclic) bond motifs is 1. The van der Waals surface area contributed by atoms with Crippen molar-refractivity contribution in [3.8, 4) is 0 Å². The molecule has 1 amide bonds. The second-order valence-electron chi connectivity index (χ2n) is 6.31. The molecule has 0 radical (unpaired) electrons. The molecular weight excluding hydrogens is 280 g/mol. The van der Waals surface area contributed by atoms with Crippen molar-refractivity contribution in [2.75, 3.05) is 13.7 Å². The number of methoxy groups -OCH3 is 1. The molecule has 6 heteroatoms. The summed E-state index contributed by atoms with van der Waals surface area (Å²) in [6, 6.07) is 2.86. The molecule has 1 aliphatic carbocycles. The van der Waals surface area contributed by atoms with Crippen molar-refractivity contribution in [3.63, 3.8) is 0 Å². The predicted molar refractivity (Wildman–Crippen MR) is 83.4 cm³/mol. The molecule has 1 aromatic rings. The van der Waals surface area contributed by atoms with Crippen LogP contribution in [0.3, 0.4) is 0 Å². The van der Waals surface area contributed by atoms with Gasteiger partial charge in [0.15, 0.2) is 0 Å². The molecule has 6 nitrogen and oxygen atoms in total. The molecule has 0 atom stereocenters. The average Bonchev–Trinajstić information content (AvgIpc) is 2.83. The number of nitrogens with zero attached hydrogens (tertiary/aromatic N) is 3. The number of hydrogen-bond acceptors (Lipinski definition) is 4. The first-order valence-electron chi connectivity index (χ1n) is 8.38. The van der Waals surface area contributed by atoms with Gasteiger partial charge in [-0.2, -0.15) is 5.10 Å². The lowest BCUT2D eigenvalue weighted by atomic mass is 9.94. The van der Waals surface area contributed by atoms with Crippen LogP contribution in [-0.2, 0) is 24.4 Å². The highest BCUT2D eigenvalue weighted by Gasteiger charge is 2.24. The SMILES string of the molecule is COC(=O)NCc1cc2n(n1)CCCN(C1CCCCC1)C2. The highest BCUT2D eigenvalue weighted by atomic mass is 16.5. The lowest BCUT2D eigenvalue weighted by molar-refractivity contribution is 0.150. The van der Waals surface area contributed by atoms with Gasteiger partial charge in [-0.25, -0.2) is 4.79 Å². The van der Waals surface area contributed by atoms with E-state index in [2.05, 4.69) is 30.8 Å². The Hall–Kier alpha value is -1.56. The molecule has 2 aliphatic rings. The first kappa shape index (κ1) is 15.3. The van der Waals surface area contributed by atoms with Crippen LogP contribution in [0.5, 0.6) is 0 Å². The van der Waals surface area contributed by atoms with Crippen molar-refractivity contribution >= 4 is 6.09 Å². The molecule has 1 fully saturated rings. The first-order valence-corrected chi connectivity index (χ1v) is 8.38. The number of carbonyl (C=O) groups excluding carboxylic acids is 1. The van der Waals surface area contributed by atoms with E-state index in [1.807, 2.05) is 0 Å². The summed E-state index contributed by atoms with van der Waals surface area (Å²) in [5, 5.41) is 7.31. The summed E-state index contributed by atoms with van der Waals surface area (Å²) in [7, 11) is 1.37. The van der Waals surface area contributed by atoms with Gasteiger partial charge in [0.2, 0.25) is 0 Å². The van der Waals surface area contributed by atoms with E-state index >= 15 is 0 Å². The summed E-state index contributed by atoms with van der Waals surface area (Å²) in [6.07, 6.45) is 7.55. The van der Waals surface area contributed by atoms with Crippen molar-refractivity contribution in [3.05, 3.63) is 17.5 Å². The Balaban J connectivity index is 1.64. The molecule has 122 valence electrons. The minimum atomic E-state index is -0.410. The quantitative estimate of drug-likeness (QED) is 0.931. The zero-order valence-corrected chi connectivity index (χ0v) is 13.4. The largest absolute Gasteiger partial charge is 0.453 e. The van der Waals surface area contributed by atoms with Crippen molar-refractivity contribution in [2.45, 2.75) is 64.2 Å². The van der Waals surface area contributed by atoms with Gasteiger partial charge in [0.05, 0.1) is 25.0 Å². The lowest BCUT2D eigenvalue weighted by Gasteiger charge is -2.33. The van der Waals surface area contributed by atoms with Crippen LogP contribution in [0, 0.1) is 0 Å². The van der Waals surface area contributed by atoms with Crippen LogP contribution < -0.4 is 5.32 Å². The Morgan fingerprint density at radius 1 is 1.32 bits per heavy atom. The molecular formula is C16H26N4O2. The second-order valence-corrected chi connectivity index (χ2v) is 6.31. The Bertz CT molecular complexity index is 508. The maximum absolute atomic E-state index is 11.2. The number of hydrogen-bond donors (Lipinski definition) is 1. The smallest absolute Gasteiger partial charge is 0.407 e. The van der Waals surface area contributed by atoms with Crippen molar-refractivity contribution in [2.24, 2.45) is 0 Å². The van der Waals surface area contributed by atoms with E-state index in [4.69, 9.17) is 0 Å².